The zero-order valence-electron chi connectivity index (χ0n) is 11.3. The normalized spacial score (nSPS) is 12.2. The molecule has 1 atom stereocenters. The van der Waals surface area contributed by atoms with Crippen molar-refractivity contribution in [1.82, 2.24) is 0 Å². The predicted molar refractivity (Wildman–Crippen MR) is 74.6 cm³/mol. The number of halogens is 2. The summed E-state index contributed by atoms with van der Waals surface area (Å²) in [6.45, 7) is 2.57. The average Bonchev–Trinajstić information content (AvgIpc) is 2.45. The molecule has 106 valence electrons. The van der Waals surface area contributed by atoms with Gasteiger partial charge in [0.15, 0.2) is 0 Å². The van der Waals surface area contributed by atoms with Crippen LogP contribution in [0.15, 0.2) is 42.5 Å². The molecule has 4 heteroatoms. The zero-order valence-corrected chi connectivity index (χ0v) is 11.3. The molecule has 0 aliphatic rings. The Kier molecular flexibility index (Phi) is 4.69. The molecule has 1 unspecified atom stereocenters. The number of benzene rings is 2. The van der Waals surface area contributed by atoms with E-state index in [1.54, 1.807) is 12.1 Å². The first-order valence-corrected chi connectivity index (χ1v) is 6.55. The Bertz CT molecular complexity index is 586. The Hall–Kier alpha value is -1.94. The van der Waals surface area contributed by atoms with Gasteiger partial charge in [-0.15, -0.1) is 0 Å². The van der Waals surface area contributed by atoms with Crippen LogP contribution in [0.3, 0.4) is 0 Å². The first-order valence-electron chi connectivity index (χ1n) is 6.55. The molecule has 0 heterocycles. The van der Waals surface area contributed by atoms with Gasteiger partial charge in [-0.1, -0.05) is 31.2 Å². The van der Waals surface area contributed by atoms with Crippen LogP contribution in [0.1, 0.15) is 30.5 Å². The summed E-state index contributed by atoms with van der Waals surface area (Å²) in [6, 6.07) is 9.95. The van der Waals surface area contributed by atoms with Crippen molar-refractivity contribution in [3.05, 3.63) is 65.2 Å². The molecule has 0 spiro atoms. The Morgan fingerprint density at radius 1 is 1.10 bits per heavy atom. The fraction of sp³-hybridized carbons (Fsp3) is 0.250. The fourth-order valence-corrected chi connectivity index (χ4v) is 2.00. The maximum atomic E-state index is 13.8. The van der Waals surface area contributed by atoms with E-state index >= 15 is 0 Å². The summed E-state index contributed by atoms with van der Waals surface area (Å²) in [5.41, 5.74) is 7.03. The van der Waals surface area contributed by atoms with Gasteiger partial charge in [0.05, 0.1) is 12.6 Å². The highest BCUT2D eigenvalue weighted by Crippen LogP contribution is 2.29. The molecule has 0 bridgehead atoms. The van der Waals surface area contributed by atoms with Crippen LogP contribution in [0.2, 0.25) is 0 Å². The van der Waals surface area contributed by atoms with Crippen LogP contribution in [-0.2, 0) is 0 Å². The summed E-state index contributed by atoms with van der Waals surface area (Å²) in [5.74, 6) is -0.637. The van der Waals surface area contributed by atoms with Crippen LogP contribution < -0.4 is 10.5 Å². The molecule has 0 saturated heterocycles. The third-order valence-corrected chi connectivity index (χ3v) is 3.01. The number of hydrogen-bond acceptors (Lipinski definition) is 2. The summed E-state index contributed by atoms with van der Waals surface area (Å²) in [7, 11) is 0. The van der Waals surface area contributed by atoms with Gasteiger partial charge in [0.25, 0.3) is 0 Å². The Morgan fingerprint density at radius 2 is 1.85 bits per heavy atom. The van der Waals surface area contributed by atoms with Crippen LogP contribution in [0.4, 0.5) is 8.78 Å². The minimum absolute atomic E-state index is 0.249. The fourth-order valence-electron chi connectivity index (χ4n) is 2.00. The Morgan fingerprint density at radius 3 is 2.55 bits per heavy atom. The SMILES string of the molecule is CCCOc1ccccc1C(N)c1ccc(F)cc1F. The molecule has 20 heavy (non-hydrogen) atoms. The van der Waals surface area contributed by atoms with Crippen molar-refractivity contribution in [1.29, 1.82) is 0 Å². The quantitative estimate of drug-likeness (QED) is 0.902. The van der Waals surface area contributed by atoms with Crippen molar-refractivity contribution in [3.8, 4) is 5.75 Å². The summed E-state index contributed by atoms with van der Waals surface area (Å²) in [5, 5.41) is 0. The van der Waals surface area contributed by atoms with E-state index < -0.39 is 17.7 Å². The number of para-hydroxylation sites is 1. The lowest BCUT2D eigenvalue weighted by Crippen LogP contribution is -2.15. The van der Waals surface area contributed by atoms with Gasteiger partial charge in [-0.3, -0.25) is 0 Å². The van der Waals surface area contributed by atoms with E-state index in [0.717, 1.165) is 12.5 Å². The van der Waals surface area contributed by atoms with Crippen LogP contribution in [-0.4, -0.2) is 6.61 Å². The molecule has 0 fully saturated rings. The number of hydrogen-bond donors (Lipinski definition) is 1. The van der Waals surface area contributed by atoms with E-state index in [1.807, 2.05) is 19.1 Å². The minimum Gasteiger partial charge on any atom is -0.493 e. The largest absolute Gasteiger partial charge is 0.493 e. The molecule has 2 rings (SSSR count). The van der Waals surface area contributed by atoms with E-state index in [2.05, 4.69) is 0 Å². The third-order valence-electron chi connectivity index (χ3n) is 3.01. The molecule has 0 amide bonds. The standard InChI is InChI=1S/C16H17F2NO/c1-2-9-20-15-6-4-3-5-13(15)16(19)12-8-7-11(17)10-14(12)18/h3-8,10,16H,2,9,19H2,1H3. The molecule has 0 aliphatic heterocycles. The zero-order chi connectivity index (χ0) is 14.5. The van der Waals surface area contributed by atoms with E-state index in [1.165, 1.54) is 12.1 Å². The van der Waals surface area contributed by atoms with E-state index in [9.17, 15) is 8.78 Å². The highest BCUT2D eigenvalue weighted by molar-refractivity contribution is 5.41. The molecule has 2 N–H and O–H groups in total. The maximum absolute atomic E-state index is 13.8. The van der Waals surface area contributed by atoms with E-state index in [4.69, 9.17) is 10.5 Å². The molecular weight excluding hydrogens is 260 g/mol. The van der Waals surface area contributed by atoms with Crippen LogP contribution in [0.25, 0.3) is 0 Å². The van der Waals surface area contributed by atoms with Gasteiger partial charge in [0.1, 0.15) is 17.4 Å². The second kappa shape index (κ2) is 6.48. The van der Waals surface area contributed by atoms with Crippen LogP contribution in [0.5, 0.6) is 5.75 Å². The summed E-state index contributed by atoms with van der Waals surface area (Å²) in [6.07, 6.45) is 0.870. The Balaban J connectivity index is 2.35. The van der Waals surface area contributed by atoms with Gasteiger partial charge in [0.2, 0.25) is 0 Å². The molecule has 0 aliphatic carbocycles. The van der Waals surface area contributed by atoms with Crippen LogP contribution >= 0.6 is 0 Å². The van der Waals surface area contributed by atoms with Gasteiger partial charge in [-0.2, -0.15) is 0 Å². The average molecular weight is 277 g/mol. The summed E-state index contributed by atoms with van der Waals surface area (Å²) < 4.78 is 32.4. The lowest BCUT2D eigenvalue weighted by atomic mass is 9.98. The first-order chi connectivity index (χ1) is 9.63. The number of ether oxygens (including phenoxy) is 1. The van der Waals surface area contributed by atoms with Gasteiger partial charge in [0, 0.05) is 17.2 Å². The maximum Gasteiger partial charge on any atom is 0.131 e. The topological polar surface area (TPSA) is 35.2 Å². The summed E-state index contributed by atoms with van der Waals surface area (Å²) >= 11 is 0. The van der Waals surface area contributed by atoms with Crippen molar-refractivity contribution in [2.24, 2.45) is 5.73 Å². The van der Waals surface area contributed by atoms with Gasteiger partial charge >= 0.3 is 0 Å². The molecule has 0 saturated carbocycles. The van der Waals surface area contributed by atoms with Crippen molar-refractivity contribution >= 4 is 0 Å². The van der Waals surface area contributed by atoms with Gasteiger partial charge in [-0.05, 0) is 18.6 Å². The molecule has 2 aromatic rings. The van der Waals surface area contributed by atoms with Crippen LogP contribution in [0, 0.1) is 11.6 Å². The van der Waals surface area contributed by atoms with Crippen molar-refractivity contribution in [3.63, 3.8) is 0 Å². The lowest BCUT2D eigenvalue weighted by Gasteiger charge is -2.17. The molecule has 0 aromatic heterocycles. The molecule has 0 radical (unpaired) electrons. The van der Waals surface area contributed by atoms with Gasteiger partial charge in [-0.25, -0.2) is 8.78 Å². The van der Waals surface area contributed by atoms with Crippen molar-refractivity contribution in [2.45, 2.75) is 19.4 Å². The smallest absolute Gasteiger partial charge is 0.131 e. The van der Waals surface area contributed by atoms with E-state index in [0.29, 0.717) is 17.9 Å². The summed E-state index contributed by atoms with van der Waals surface area (Å²) in [4.78, 5) is 0. The first kappa shape index (κ1) is 14.5. The second-order valence-corrected chi connectivity index (χ2v) is 4.53. The third kappa shape index (κ3) is 3.14. The Labute approximate surface area is 117 Å². The highest BCUT2D eigenvalue weighted by Gasteiger charge is 2.17. The molecular formula is C16H17F2NO. The number of rotatable bonds is 5. The monoisotopic (exact) mass is 277 g/mol. The highest BCUT2D eigenvalue weighted by atomic mass is 19.1. The second-order valence-electron chi connectivity index (χ2n) is 4.53. The predicted octanol–water partition coefficient (Wildman–Crippen LogP) is 3.80. The minimum atomic E-state index is -0.691. The lowest BCUT2D eigenvalue weighted by molar-refractivity contribution is 0.313. The van der Waals surface area contributed by atoms with Gasteiger partial charge < -0.3 is 10.5 Å². The number of nitrogens with two attached hydrogens (primary N) is 1. The van der Waals surface area contributed by atoms with Crippen molar-refractivity contribution < 1.29 is 13.5 Å². The van der Waals surface area contributed by atoms with E-state index in [-0.39, 0.29) is 5.56 Å². The van der Waals surface area contributed by atoms with Crippen molar-refractivity contribution in [2.75, 3.05) is 6.61 Å². The molecule has 2 nitrogen and oxygen atoms in total. The molecule has 2 aromatic carbocycles.